The molecule has 0 aromatic heterocycles. The number of benzene rings is 4. The van der Waals surface area contributed by atoms with Gasteiger partial charge in [0.15, 0.2) is 0 Å². The third-order valence-electron chi connectivity index (χ3n) is 8.17. The van der Waals surface area contributed by atoms with E-state index >= 15 is 0 Å². The summed E-state index contributed by atoms with van der Waals surface area (Å²) < 4.78 is 1.42. The van der Waals surface area contributed by atoms with Crippen molar-refractivity contribution in [3.63, 3.8) is 0 Å². The summed E-state index contributed by atoms with van der Waals surface area (Å²) in [5.41, 5.74) is 5.29. The smallest absolute Gasteiger partial charge is 0.172 e. The molecule has 0 aliphatic rings. The zero-order valence-corrected chi connectivity index (χ0v) is 33.6. The van der Waals surface area contributed by atoms with E-state index in [1.165, 1.54) is 71.5 Å². The van der Waals surface area contributed by atoms with E-state index in [1.54, 1.807) is 0 Å². The molecule has 0 aliphatic heterocycles. The minimum atomic E-state index is 0. The van der Waals surface area contributed by atoms with Crippen molar-refractivity contribution in [2.75, 3.05) is 9.80 Å². The van der Waals surface area contributed by atoms with Gasteiger partial charge in [-0.2, -0.15) is 18.2 Å². The van der Waals surface area contributed by atoms with Gasteiger partial charge in [-0.1, -0.05) is 36.4 Å². The zero-order valence-electron chi connectivity index (χ0n) is 29.7. The first-order valence-electron chi connectivity index (χ1n) is 16.6. The van der Waals surface area contributed by atoms with Crippen LogP contribution >= 0.6 is 0 Å². The number of halogens is 2. The fourth-order valence-corrected chi connectivity index (χ4v) is 7.22. The monoisotopic (exact) mass is 754 g/mol. The summed E-state index contributed by atoms with van der Waals surface area (Å²) in [6.07, 6.45) is 0. The summed E-state index contributed by atoms with van der Waals surface area (Å²) in [6.45, 7) is 18.1. The van der Waals surface area contributed by atoms with Crippen LogP contribution in [0.1, 0.15) is 66.5 Å². The van der Waals surface area contributed by atoms with E-state index < -0.39 is 0 Å². The SMILES string of the molecule is CC(C)N(c1ccc2c(c1)[cH-]c1cc(N(C(C)C)C(C)C)ccc12)C(C)C.[Cl-].[Cl-].[Zr+2]=[C](c1ccccc1)c1ccccc1.c1cc[cH-]c1. The quantitative estimate of drug-likeness (QED) is 0.198. The Morgan fingerprint density at radius 3 is 1.15 bits per heavy atom. The predicted molar refractivity (Wildman–Crippen MR) is 201 cm³/mol. The van der Waals surface area contributed by atoms with E-state index in [0.717, 1.165) is 0 Å². The second-order valence-corrected chi connectivity index (χ2v) is 14.2. The molecular formula is C43H50Cl2N2Zr-2. The number of rotatable bonds is 8. The van der Waals surface area contributed by atoms with Gasteiger partial charge in [-0.3, -0.25) is 0 Å². The third kappa shape index (κ3) is 10.8. The van der Waals surface area contributed by atoms with Gasteiger partial charge in [0.05, 0.1) is 0 Å². The molecule has 0 saturated carbocycles. The average molecular weight is 757 g/mol. The molecule has 0 amide bonds. The normalized spacial score (nSPS) is 10.6. The van der Waals surface area contributed by atoms with Crippen LogP contribution < -0.4 is 34.6 Å². The Bertz CT molecular complexity index is 1620. The fraction of sp³-hybridized carbons (Fsp3) is 0.279. The van der Waals surface area contributed by atoms with E-state index in [4.69, 9.17) is 0 Å². The first kappa shape index (κ1) is 41.2. The zero-order chi connectivity index (χ0) is 33.2. The standard InChI is InChI=1S/C25H35N2.C13H10.C5H5.2ClH.Zr/c1-16(2)26(17(3)4)22-9-11-24-20(14-22)13-21-15-23(10-12-25(21)24)27(18(5)6)19(7)8;1-3-7-12(8-4-1)11-13-9-5-2-6-10-13;1-2-4-5-3-1;;;/h9-19H,1-8H3;1-10H;1-5H;2*1H;/q-1;;-1;;;+2/p-2. The summed E-state index contributed by atoms with van der Waals surface area (Å²) in [6, 6.07) is 49.3. The molecule has 0 fully saturated rings. The molecule has 0 bridgehead atoms. The van der Waals surface area contributed by atoms with Crippen LogP contribution in [0.15, 0.2) is 133 Å². The molecule has 0 heterocycles. The Labute approximate surface area is 317 Å². The Morgan fingerprint density at radius 1 is 0.500 bits per heavy atom. The Hall–Kier alpha value is -2.97. The van der Waals surface area contributed by atoms with E-state index in [1.807, 2.05) is 30.3 Å². The van der Waals surface area contributed by atoms with E-state index in [9.17, 15) is 0 Å². The summed E-state index contributed by atoms with van der Waals surface area (Å²) in [5, 5.41) is 5.39. The van der Waals surface area contributed by atoms with E-state index in [0.29, 0.717) is 24.2 Å². The molecule has 0 spiro atoms. The molecule has 0 radical (unpaired) electrons. The van der Waals surface area contributed by atoms with Crippen molar-refractivity contribution in [1.82, 2.24) is 0 Å². The van der Waals surface area contributed by atoms with Crippen molar-refractivity contribution in [2.24, 2.45) is 0 Å². The number of nitrogens with zero attached hydrogens (tertiary/aromatic N) is 2. The van der Waals surface area contributed by atoms with Gasteiger partial charge in [0.2, 0.25) is 0 Å². The molecule has 5 heteroatoms. The van der Waals surface area contributed by atoms with Crippen molar-refractivity contribution < 1.29 is 49.0 Å². The van der Waals surface area contributed by atoms with Crippen LogP contribution in [0, 0.1) is 0 Å². The predicted octanol–water partition coefficient (Wildman–Crippen LogP) is 5.17. The molecule has 6 aromatic carbocycles. The minimum Gasteiger partial charge on any atom is -0.214 e. The molecule has 48 heavy (non-hydrogen) atoms. The molecule has 0 N–H and O–H groups in total. The third-order valence-corrected chi connectivity index (χ3v) is 9.59. The minimum absolute atomic E-state index is 0. The van der Waals surface area contributed by atoms with Gasteiger partial charge in [-0.25, -0.2) is 12.1 Å². The van der Waals surface area contributed by atoms with Crippen LogP contribution in [-0.4, -0.2) is 27.4 Å². The largest absolute Gasteiger partial charge is 0.214 e. The van der Waals surface area contributed by atoms with Gasteiger partial charge < -0.3 is 34.6 Å². The second kappa shape index (κ2) is 19.9. The molecule has 0 saturated heterocycles. The van der Waals surface area contributed by atoms with Gasteiger partial charge in [0.25, 0.3) is 0 Å². The Morgan fingerprint density at radius 2 is 0.854 bits per heavy atom. The Balaban J connectivity index is 0.000000317. The molecule has 0 atom stereocenters. The molecule has 0 unspecified atom stereocenters. The summed E-state index contributed by atoms with van der Waals surface area (Å²) >= 11 is 1.46. The van der Waals surface area contributed by atoms with Crippen LogP contribution in [0.2, 0.25) is 0 Å². The molecule has 6 aromatic rings. The van der Waals surface area contributed by atoms with E-state index in [2.05, 4.69) is 168 Å². The molecule has 252 valence electrons. The molecule has 6 rings (SSSR count). The van der Waals surface area contributed by atoms with Crippen molar-refractivity contribution >= 4 is 36.1 Å². The van der Waals surface area contributed by atoms with Gasteiger partial charge in [-0.15, -0.1) is 27.6 Å². The number of anilines is 2. The summed E-state index contributed by atoms with van der Waals surface area (Å²) in [4.78, 5) is 4.98. The van der Waals surface area contributed by atoms with Crippen LogP contribution in [0.25, 0.3) is 21.5 Å². The van der Waals surface area contributed by atoms with Gasteiger partial charge in [0, 0.05) is 35.5 Å². The number of hydrogen-bond acceptors (Lipinski definition) is 2. The molecular weight excluding hydrogens is 707 g/mol. The summed E-state index contributed by atoms with van der Waals surface area (Å²) in [5.74, 6) is 0. The summed E-state index contributed by atoms with van der Waals surface area (Å²) in [7, 11) is 0. The van der Waals surface area contributed by atoms with Crippen molar-refractivity contribution in [1.29, 1.82) is 0 Å². The maximum atomic E-state index is 2.49. The van der Waals surface area contributed by atoms with Gasteiger partial charge in [-0.05, 0) is 55.4 Å². The number of fused-ring (bicyclic) bond motifs is 3. The van der Waals surface area contributed by atoms with Crippen molar-refractivity contribution in [2.45, 2.75) is 79.6 Å². The van der Waals surface area contributed by atoms with Crippen LogP contribution in [0.4, 0.5) is 11.4 Å². The van der Waals surface area contributed by atoms with Crippen LogP contribution in [-0.2, 0) is 24.2 Å². The van der Waals surface area contributed by atoms with Gasteiger partial charge >= 0.3 is 99.2 Å². The number of hydrogen-bond donors (Lipinski definition) is 0. The topological polar surface area (TPSA) is 6.48 Å². The Kier molecular flexibility index (Phi) is 17.1. The fourth-order valence-electron chi connectivity index (χ4n) is 6.40. The molecule has 0 aliphatic carbocycles. The van der Waals surface area contributed by atoms with Gasteiger partial charge in [0.1, 0.15) is 0 Å². The first-order chi connectivity index (χ1) is 22.1. The second-order valence-electron chi connectivity index (χ2n) is 12.9. The van der Waals surface area contributed by atoms with Crippen LogP contribution in [0.3, 0.4) is 0 Å². The average Bonchev–Trinajstić information content (AvgIpc) is 3.73. The maximum Gasteiger partial charge on any atom is -0.172 e. The first-order valence-corrected chi connectivity index (χ1v) is 17.9. The van der Waals surface area contributed by atoms with Crippen molar-refractivity contribution in [3.05, 3.63) is 145 Å². The van der Waals surface area contributed by atoms with Crippen molar-refractivity contribution in [3.8, 4) is 0 Å². The van der Waals surface area contributed by atoms with E-state index in [-0.39, 0.29) is 24.8 Å². The van der Waals surface area contributed by atoms with Crippen LogP contribution in [0.5, 0.6) is 0 Å². The molecule has 2 nitrogen and oxygen atoms in total. The maximum absolute atomic E-state index is 2.49.